The number of aromatic nitrogens is 3. The van der Waals surface area contributed by atoms with Crippen molar-refractivity contribution in [3.05, 3.63) is 35.9 Å². The first-order valence-electron chi connectivity index (χ1n) is 6.75. The fraction of sp³-hybridized carbons (Fsp3) is 0.429. The van der Waals surface area contributed by atoms with Crippen LogP contribution in [0.4, 0.5) is 0 Å². The quantitative estimate of drug-likeness (QED) is 0.765. The third-order valence-corrected chi connectivity index (χ3v) is 5.83. The van der Waals surface area contributed by atoms with Crippen molar-refractivity contribution in [1.29, 1.82) is 0 Å². The van der Waals surface area contributed by atoms with Gasteiger partial charge in [0, 0.05) is 30.1 Å². The Morgan fingerprint density at radius 2 is 2.14 bits per heavy atom. The molecule has 0 saturated heterocycles. The van der Waals surface area contributed by atoms with Gasteiger partial charge in [-0.2, -0.15) is 5.10 Å². The molecule has 2 aromatic heterocycles. The van der Waals surface area contributed by atoms with E-state index in [0.29, 0.717) is 18.1 Å². The summed E-state index contributed by atoms with van der Waals surface area (Å²) in [5.41, 5.74) is 1.69. The smallest absolute Gasteiger partial charge is 0.152 e. The summed E-state index contributed by atoms with van der Waals surface area (Å²) in [4.78, 5) is 4.03. The largest absolute Gasteiger partial charge is 0.272 e. The second-order valence-corrected chi connectivity index (χ2v) is 8.14. The van der Waals surface area contributed by atoms with Crippen LogP contribution in [0.15, 0.2) is 30.7 Å². The van der Waals surface area contributed by atoms with Crippen LogP contribution in [0.2, 0.25) is 5.15 Å². The molecule has 7 heteroatoms. The van der Waals surface area contributed by atoms with E-state index in [1.165, 1.54) is 0 Å². The summed E-state index contributed by atoms with van der Waals surface area (Å²) in [6.07, 6.45) is 5.74. The molecule has 0 fully saturated rings. The first-order chi connectivity index (χ1) is 9.90. The molecule has 0 saturated carbocycles. The van der Waals surface area contributed by atoms with Crippen molar-refractivity contribution in [3.63, 3.8) is 0 Å². The van der Waals surface area contributed by atoms with Crippen LogP contribution < -0.4 is 0 Å². The number of hydrogen-bond acceptors (Lipinski definition) is 4. The summed E-state index contributed by atoms with van der Waals surface area (Å²) < 4.78 is 25.2. The molecule has 2 aromatic rings. The molecule has 0 aliphatic heterocycles. The third kappa shape index (κ3) is 4.04. The maximum Gasteiger partial charge on any atom is 0.152 e. The fourth-order valence-electron chi connectivity index (χ4n) is 1.89. The van der Waals surface area contributed by atoms with Gasteiger partial charge in [0.15, 0.2) is 9.84 Å². The van der Waals surface area contributed by atoms with Crippen LogP contribution in [0.3, 0.4) is 0 Å². The normalized spacial score (nSPS) is 12.0. The zero-order valence-corrected chi connectivity index (χ0v) is 13.6. The second-order valence-electron chi connectivity index (χ2n) is 5.10. The predicted molar refractivity (Wildman–Crippen MR) is 84.0 cm³/mol. The molecule has 114 valence electrons. The minimum atomic E-state index is -2.99. The lowest BCUT2D eigenvalue weighted by Crippen LogP contribution is -2.18. The number of nitrogens with zero attached hydrogens (tertiary/aromatic N) is 3. The number of aryl methyl sites for hydroxylation is 1. The van der Waals surface area contributed by atoms with Crippen molar-refractivity contribution in [3.8, 4) is 11.1 Å². The van der Waals surface area contributed by atoms with Gasteiger partial charge in [0.2, 0.25) is 0 Å². The van der Waals surface area contributed by atoms with E-state index in [1.54, 1.807) is 30.9 Å². The molecule has 0 unspecified atom stereocenters. The van der Waals surface area contributed by atoms with E-state index in [1.807, 2.05) is 18.3 Å². The summed E-state index contributed by atoms with van der Waals surface area (Å²) in [7, 11) is -2.99. The SMILES string of the molecule is CC(C)S(=O)(=O)CCCn1cc(-c2cccnc2Cl)cn1. The molecule has 0 spiro atoms. The van der Waals surface area contributed by atoms with Crippen molar-refractivity contribution in [1.82, 2.24) is 14.8 Å². The van der Waals surface area contributed by atoms with E-state index in [2.05, 4.69) is 10.1 Å². The number of pyridine rings is 1. The van der Waals surface area contributed by atoms with Crippen LogP contribution in [-0.2, 0) is 16.4 Å². The lowest BCUT2D eigenvalue weighted by Gasteiger charge is -2.07. The highest BCUT2D eigenvalue weighted by Gasteiger charge is 2.15. The number of rotatable bonds is 6. The van der Waals surface area contributed by atoms with Crippen LogP contribution in [0.5, 0.6) is 0 Å². The molecular weight excluding hydrogens is 310 g/mol. The van der Waals surface area contributed by atoms with Gasteiger partial charge in [-0.15, -0.1) is 0 Å². The highest BCUT2D eigenvalue weighted by Crippen LogP contribution is 2.24. The van der Waals surface area contributed by atoms with Crippen molar-refractivity contribution in [2.45, 2.75) is 32.1 Å². The Morgan fingerprint density at radius 3 is 2.81 bits per heavy atom. The van der Waals surface area contributed by atoms with Crippen molar-refractivity contribution < 1.29 is 8.42 Å². The van der Waals surface area contributed by atoms with Crippen LogP contribution in [0.25, 0.3) is 11.1 Å². The van der Waals surface area contributed by atoms with Gasteiger partial charge in [0.1, 0.15) is 5.15 Å². The molecule has 0 aliphatic carbocycles. The summed E-state index contributed by atoms with van der Waals surface area (Å²) in [5, 5.41) is 4.33. The molecule has 0 N–H and O–H groups in total. The topological polar surface area (TPSA) is 64.8 Å². The van der Waals surface area contributed by atoms with Gasteiger partial charge >= 0.3 is 0 Å². The van der Waals surface area contributed by atoms with Crippen LogP contribution in [0, 0.1) is 0 Å². The lowest BCUT2D eigenvalue weighted by atomic mass is 10.2. The van der Waals surface area contributed by atoms with Crippen LogP contribution >= 0.6 is 11.6 Å². The van der Waals surface area contributed by atoms with E-state index >= 15 is 0 Å². The van der Waals surface area contributed by atoms with E-state index in [0.717, 1.165) is 11.1 Å². The molecule has 0 aromatic carbocycles. The first kappa shape index (κ1) is 16.0. The van der Waals surface area contributed by atoms with E-state index in [4.69, 9.17) is 11.6 Å². The van der Waals surface area contributed by atoms with E-state index in [9.17, 15) is 8.42 Å². The molecule has 0 aliphatic rings. The highest BCUT2D eigenvalue weighted by molar-refractivity contribution is 7.91. The van der Waals surface area contributed by atoms with Crippen molar-refractivity contribution >= 4 is 21.4 Å². The van der Waals surface area contributed by atoms with Crippen LogP contribution in [0.1, 0.15) is 20.3 Å². The molecule has 2 heterocycles. The Hall–Kier alpha value is -1.40. The average Bonchev–Trinajstić information content (AvgIpc) is 2.87. The molecule has 21 heavy (non-hydrogen) atoms. The van der Waals surface area contributed by atoms with Gasteiger partial charge in [0.25, 0.3) is 0 Å². The maximum atomic E-state index is 11.7. The summed E-state index contributed by atoms with van der Waals surface area (Å²) in [6, 6.07) is 3.69. The summed E-state index contributed by atoms with van der Waals surface area (Å²) in [5.74, 6) is 0.174. The standard InChI is InChI=1S/C14H18ClN3O2S/c1-11(2)21(19,20)8-4-7-18-10-12(9-17-18)13-5-3-6-16-14(13)15/h3,5-6,9-11H,4,7-8H2,1-2H3. The Morgan fingerprint density at radius 1 is 1.38 bits per heavy atom. The molecular formula is C14H18ClN3O2S. The Labute approximate surface area is 129 Å². The zero-order valence-electron chi connectivity index (χ0n) is 12.0. The van der Waals surface area contributed by atoms with Crippen LogP contribution in [-0.4, -0.2) is 34.2 Å². The monoisotopic (exact) mass is 327 g/mol. The number of hydrogen-bond donors (Lipinski definition) is 0. The Balaban J connectivity index is 2.00. The molecule has 5 nitrogen and oxygen atoms in total. The molecule has 2 rings (SSSR count). The maximum absolute atomic E-state index is 11.7. The Kier molecular flexibility index (Phi) is 5.00. The molecule has 0 amide bonds. The minimum Gasteiger partial charge on any atom is -0.272 e. The first-order valence-corrected chi connectivity index (χ1v) is 8.84. The van der Waals surface area contributed by atoms with Crippen molar-refractivity contribution in [2.75, 3.05) is 5.75 Å². The third-order valence-electron chi connectivity index (χ3n) is 3.24. The number of sulfone groups is 1. The van der Waals surface area contributed by atoms with E-state index in [-0.39, 0.29) is 11.0 Å². The number of halogens is 1. The average molecular weight is 328 g/mol. The van der Waals surface area contributed by atoms with E-state index < -0.39 is 9.84 Å². The van der Waals surface area contributed by atoms with Gasteiger partial charge < -0.3 is 0 Å². The van der Waals surface area contributed by atoms with Gasteiger partial charge in [-0.1, -0.05) is 11.6 Å². The Bertz CT molecular complexity index is 711. The summed E-state index contributed by atoms with van der Waals surface area (Å²) >= 11 is 6.04. The molecule has 0 atom stereocenters. The second kappa shape index (κ2) is 6.58. The minimum absolute atomic E-state index is 0.174. The molecule has 0 radical (unpaired) electrons. The van der Waals surface area contributed by atoms with Gasteiger partial charge in [-0.05, 0) is 32.4 Å². The van der Waals surface area contributed by atoms with Gasteiger partial charge in [-0.25, -0.2) is 13.4 Å². The molecule has 0 bridgehead atoms. The highest BCUT2D eigenvalue weighted by atomic mass is 35.5. The fourth-order valence-corrected chi connectivity index (χ4v) is 3.12. The summed E-state index contributed by atoms with van der Waals surface area (Å²) in [6.45, 7) is 3.96. The predicted octanol–water partition coefficient (Wildman–Crippen LogP) is 2.81. The zero-order chi connectivity index (χ0) is 15.5. The lowest BCUT2D eigenvalue weighted by molar-refractivity contribution is 0.566. The van der Waals surface area contributed by atoms with Gasteiger partial charge in [0.05, 0.1) is 17.2 Å². The van der Waals surface area contributed by atoms with Gasteiger partial charge in [-0.3, -0.25) is 4.68 Å². The van der Waals surface area contributed by atoms with Crippen molar-refractivity contribution in [2.24, 2.45) is 0 Å².